The van der Waals surface area contributed by atoms with Gasteiger partial charge in [-0.3, -0.25) is 10.1 Å². The highest BCUT2D eigenvalue weighted by Crippen LogP contribution is 2.54. The second-order valence-corrected chi connectivity index (χ2v) is 4.55. The molecule has 1 aliphatic rings. The lowest BCUT2D eigenvalue weighted by Gasteiger charge is -2.10. The Balaban J connectivity index is 2.36. The summed E-state index contributed by atoms with van der Waals surface area (Å²) in [7, 11) is 1.01. The van der Waals surface area contributed by atoms with E-state index in [-0.39, 0.29) is 12.0 Å². The molecule has 0 bridgehead atoms. The van der Waals surface area contributed by atoms with Crippen molar-refractivity contribution in [1.29, 1.82) is 0 Å². The first kappa shape index (κ1) is 14.3. The molecule has 20 heavy (non-hydrogen) atoms. The van der Waals surface area contributed by atoms with E-state index in [1.807, 2.05) is 0 Å². The molecule has 0 aliphatic heterocycles. The quantitative estimate of drug-likeness (QED) is 0.486. The Hall–Kier alpha value is -2.12. The van der Waals surface area contributed by atoms with Gasteiger partial charge in [0.05, 0.1) is 18.6 Å². The Labute approximate surface area is 111 Å². The molecule has 1 saturated carbocycles. The summed E-state index contributed by atoms with van der Waals surface area (Å²) in [5.74, 6) is -1.93. The first-order valence-electron chi connectivity index (χ1n) is 5.63. The number of nitro groups is 1. The molecule has 0 radical (unpaired) electrons. The summed E-state index contributed by atoms with van der Waals surface area (Å²) in [5, 5.41) is 11.0. The van der Waals surface area contributed by atoms with E-state index in [1.54, 1.807) is 0 Å². The van der Waals surface area contributed by atoms with Crippen molar-refractivity contribution < 1.29 is 27.6 Å². The summed E-state index contributed by atoms with van der Waals surface area (Å²) in [6, 6.07) is 4.21. The van der Waals surface area contributed by atoms with Gasteiger partial charge in [0.15, 0.2) is 0 Å². The van der Waals surface area contributed by atoms with Crippen LogP contribution >= 0.6 is 0 Å². The topological polar surface area (TPSA) is 69.4 Å². The number of hydrogen-bond donors (Lipinski definition) is 0. The average molecular weight is 289 g/mol. The van der Waals surface area contributed by atoms with E-state index in [0.717, 1.165) is 19.2 Å². The van der Waals surface area contributed by atoms with Crippen LogP contribution < -0.4 is 0 Å². The van der Waals surface area contributed by atoms with Gasteiger partial charge in [0.2, 0.25) is 0 Å². The minimum absolute atomic E-state index is 0.113. The zero-order chi connectivity index (χ0) is 15.1. The standard InChI is InChI=1S/C12H10F3NO4/c1-20-10(17)11(16(18)19)6-9(11)7-3-2-4-8(5-7)12(13,14)15/h2-5,9H,6H2,1H3/t9-,11+/m0/s1. The maximum Gasteiger partial charge on any atom is 0.416 e. The first-order valence-corrected chi connectivity index (χ1v) is 5.63. The molecule has 8 heteroatoms. The molecule has 5 nitrogen and oxygen atoms in total. The van der Waals surface area contributed by atoms with Gasteiger partial charge in [-0.25, -0.2) is 4.79 Å². The van der Waals surface area contributed by atoms with Gasteiger partial charge in [-0.1, -0.05) is 18.2 Å². The average Bonchev–Trinajstić information content (AvgIpc) is 3.14. The second kappa shape index (κ2) is 4.46. The molecule has 0 N–H and O–H groups in total. The lowest BCUT2D eigenvalue weighted by Crippen LogP contribution is -2.34. The fourth-order valence-electron chi connectivity index (χ4n) is 2.26. The number of ether oxygens (including phenoxy) is 1. The van der Waals surface area contributed by atoms with Crippen LogP contribution in [-0.4, -0.2) is 23.5 Å². The predicted octanol–water partition coefficient (Wildman–Crippen LogP) is 2.38. The number of hydrogen-bond acceptors (Lipinski definition) is 4. The van der Waals surface area contributed by atoms with Crippen LogP contribution in [0.2, 0.25) is 0 Å². The fraction of sp³-hybridized carbons (Fsp3) is 0.417. The van der Waals surface area contributed by atoms with E-state index in [1.165, 1.54) is 12.1 Å². The largest absolute Gasteiger partial charge is 0.464 e. The molecule has 1 fully saturated rings. The first-order chi connectivity index (χ1) is 9.23. The maximum atomic E-state index is 12.6. The van der Waals surface area contributed by atoms with Gasteiger partial charge in [0.25, 0.3) is 0 Å². The van der Waals surface area contributed by atoms with E-state index < -0.39 is 34.1 Å². The minimum Gasteiger partial charge on any atom is -0.464 e. The van der Waals surface area contributed by atoms with Crippen LogP contribution in [0.25, 0.3) is 0 Å². The molecule has 1 aromatic carbocycles. The molecule has 108 valence electrons. The van der Waals surface area contributed by atoms with Crippen LogP contribution in [0.15, 0.2) is 24.3 Å². The molecule has 2 rings (SSSR count). The predicted molar refractivity (Wildman–Crippen MR) is 60.5 cm³/mol. The molecule has 1 aromatic rings. The number of carbonyl (C=O) groups is 1. The summed E-state index contributed by atoms with van der Waals surface area (Å²) in [6.07, 6.45) is -4.69. The zero-order valence-electron chi connectivity index (χ0n) is 10.3. The Morgan fingerprint density at radius 3 is 2.65 bits per heavy atom. The number of rotatable bonds is 3. The zero-order valence-corrected chi connectivity index (χ0v) is 10.3. The van der Waals surface area contributed by atoms with Crippen LogP contribution in [0.1, 0.15) is 23.5 Å². The van der Waals surface area contributed by atoms with Crippen LogP contribution in [0.3, 0.4) is 0 Å². The number of nitrogens with zero attached hydrogens (tertiary/aromatic N) is 1. The number of halogens is 3. The highest BCUT2D eigenvalue weighted by Gasteiger charge is 2.74. The monoisotopic (exact) mass is 289 g/mol. The van der Waals surface area contributed by atoms with Gasteiger partial charge in [0, 0.05) is 11.3 Å². The van der Waals surface area contributed by atoms with Gasteiger partial charge in [-0.15, -0.1) is 0 Å². The Morgan fingerprint density at radius 1 is 1.50 bits per heavy atom. The Kier molecular flexibility index (Phi) is 3.19. The summed E-state index contributed by atoms with van der Waals surface area (Å²) in [5.41, 5.74) is -2.75. The summed E-state index contributed by atoms with van der Waals surface area (Å²) in [4.78, 5) is 21.8. The smallest absolute Gasteiger partial charge is 0.416 e. The molecule has 0 heterocycles. The van der Waals surface area contributed by atoms with Crippen molar-refractivity contribution in [2.75, 3.05) is 7.11 Å². The lowest BCUT2D eigenvalue weighted by molar-refractivity contribution is -0.526. The van der Waals surface area contributed by atoms with E-state index >= 15 is 0 Å². The Morgan fingerprint density at radius 2 is 2.15 bits per heavy atom. The van der Waals surface area contributed by atoms with E-state index in [2.05, 4.69) is 4.74 Å². The van der Waals surface area contributed by atoms with Gasteiger partial charge in [-0.05, 0) is 11.6 Å². The van der Waals surface area contributed by atoms with Crippen LogP contribution in [0.5, 0.6) is 0 Å². The Bertz CT molecular complexity index is 572. The molecular weight excluding hydrogens is 279 g/mol. The number of benzene rings is 1. The van der Waals surface area contributed by atoms with Crippen LogP contribution in [0.4, 0.5) is 13.2 Å². The van der Waals surface area contributed by atoms with Gasteiger partial charge in [-0.2, -0.15) is 13.2 Å². The molecule has 0 aromatic heterocycles. The normalized spacial score (nSPS) is 25.1. The van der Waals surface area contributed by atoms with Gasteiger partial charge >= 0.3 is 17.7 Å². The van der Waals surface area contributed by atoms with E-state index in [0.29, 0.717) is 0 Å². The third kappa shape index (κ3) is 2.10. The van der Waals surface area contributed by atoms with Gasteiger partial charge < -0.3 is 4.74 Å². The summed E-state index contributed by atoms with van der Waals surface area (Å²) >= 11 is 0. The molecule has 0 unspecified atom stereocenters. The molecule has 0 saturated heterocycles. The fourth-order valence-corrected chi connectivity index (χ4v) is 2.26. The van der Waals surface area contributed by atoms with Crippen molar-refractivity contribution in [2.24, 2.45) is 0 Å². The minimum atomic E-state index is -4.53. The van der Waals surface area contributed by atoms with Crippen molar-refractivity contribution in [3.05, 3.63) is 45.5 Å². The van der Waals surface area contributed by atoms with Gasteiger partial charge in [0.1, 0.15) is 0 Å². The number of carbonyl (C=O) groups excluding carboxylic acids is 1. The van der Waals surface area contributed by atoms with E-state index in [9.17, 15) is 28.1 Å². The highest BCUT2D eigenvalue weighted by molar-refractivity contribution is 5.85. The number of esters is 1. The third-order valence-corrected chi connectivity index (χ3v) is 3.41. The molecule has 0 spiro atoms. The summed E-state index contributed by atoms with van der Waals surface area (Å²) < 4.78 is 42.2. The van der Waals surface area contributed by atoms with Crippen LogP contribution in [-0.2, 0) is 15.7 Å². The second-order valence-electron chi connectivity index (χ2n) is 4.55. The number of methoxy groups -OCH3 is 1. The maximum absolute atomic E-state index is 12.6. The molecule has 0 amide bonds. The van der Waals surface area contributed by atoms with Crippen molar-refractivity contribution in [3.63, 3.8) is 0 Å². The van der Waals surface area contributed by atoms with Crippen molar-refractivity contribution in [1.82, 2.24) is 0 Å². The number of alkyl halides is 3. The molecule has 2 atom stereocenters. The van der Waals surface area contributed by atoms with Crippen molar-refractivity contribution in [2.45, 2.75) is 24.1 Å². The molecular formula is C12H10F3NO4. The van der Waals surface area contributed by atoms with Crippen molar-refractivity contribution in [3.8, 4) is 0 Å². The van der Waals surface area contributed by atoms with E-state index in [4.69, 9.17) is 0 Å². The highest BCUT2D eigenvalue weighted by atomic mass is 19.4. The summed E-state index contributed by atoms with van der Waals surface area (Å²) in [6.45, 7) is 0. The van der Waals surface area contributed by atoms with Crippen LogP contribution in [0, 0.1) is 10.1 Å². The SMILES string of the molecule is COC(=O)[C@@]1([N+](=O)[O-])C[C@H]1c1cccc(C(F)(F)F)c1. The molecule has 1 aliphatic carbocycles. The lowest BCUT2D eigenvalue weighted by atomic mass is 10.0. The van der Waals surface area contributed by atoms with Crippen molar-refractivity contribution >= 4 is 5.97 Å². The third-order valence-electron chi connectivity index (χ3n) is 3.41.